The average Bonchev–Trinajstić information content (AvgIpc) is 2.96. The van der Waals surface area contributed by atoms with Crippen LogP contribution in [0.2, 0.25) is 0 Å². The van der Waals surface area contributed by atoms with Crippen molar-refractivity contribution in [1.29, 1.82) is 0 Å². The molecule has 1 aromatic heterocycles. The summed E-state index contributed by atoms with van der Waals surface area (Å²) in [7, 11) is 0. The number of anilines is 1. The fourth-order valence-electron chi connectivity index (χ4n) is 1.55. The third-order valence-corrected chi connectivity index (χ3v) is 2.56. The lowest BCUT2D eigenvalue weighted by Crippen LogP contribution is -1.98. The number of nitrogens with zero attached hydrogens (tertiary/aromatic N) is 4. The molecule has 12 nitrogen and oxygen atoms in total. The van der Waals surface area contributed by atoms with Gasteiger partial charge < -0.3 is 4.42 Å². The van der Waals surface area contributed by atoms with E-state index in [2.05, 4.69) is 10.5 Å². The van der Waals surface area contributed by atoms with E-state index in [1.165, 1.54) is 6.07 Å². The molecule has 0 unspecified atom stereocenters. The SMILES string of the molecule is O=[N+]([O-])c1ccc(N/N=C\c2ccc([N+](=O)[O-])o2)c([N+](=O)[O-])c1. The lowest BCUT2D eigenvalue weighted by molar-refractivity contribution is -0.402. The molecule has 1 heterocycles. The molecule has 0 spiro atoms. The van der Waals surface area contributed by atoms with Crippen LogP contribution in [0.1, 0.15) is 5.76 Å². The molecule has 1 aromatic carbocycles. The van der Waals surface area contributed by atoms with E-state index in [1.807, 2.05) is 0 Å². The third-order valence-electron chi connectivity index (χ3n) is 2.56. The Bertz CT molecular complexity index is 813. The molecule has 0 amide bonds. The molecule has 2 rings (SSSR count). The van der Waals surface area contributed by atoms with Crippen molar-refractivity contribution in [3.63, 3.8) is 0 Å². The predicted molar refractivity (Wildman–Crippen MR) is 76.3 cm³/mol. The molecule has 0 fully saturated rings. The highest BCUT2D eigenvalue weighted by atomic mass is 16.7. The number of furan rings is 1. The second-order valence-electron chi connectivity index (χ2n) is 4.02. The Morgan fingerprint density at radius 3 is 2.30 bits per heavy atom. The largest absolute Gasteiger partial charge is 0.433 e. The van der Waals surface area contributed by atoms with Crippen LogP contribution < -0.4 is 5.43 Å². The van der Waals surface area contributed by atoms with Gasteiger partial charge in [0.2, 0.25) is 0 Å². The minimum Gasteiger partial charge on any atom is -0.400 e. The highest BCUT2D eigenvalue weighted by molar-refractivity contribution is 5.77. The number of benzene rings is 1. The number of non-ortho nitro benzene ring substituents is 1. The molecule has 0 aliphatic heterocycles. The minimum absolute atomic E-state index is 0.0498. The number of nitrogens with one attached hydrogen (secondary N) is 1. The molecule has 0 aliphatic rings. The van der Waals surface area contributed by atoms with Gasteiger partial charge in [0.1, 0.15) is 10.6 Å². The summed E-state index contributed by atoms with van der Waals surface area (Å²) in [5.74, 6) is -0.429. The second-order valence-corrected chi connectivity index (χ2v) is 4.02. The highest BCUT2D eigenvalue weighted by Crippen LogP contribution is 2.28. The zero-order valence-corrected chi connectivity index (χ0v) is 11.1. The van der Waals surface area contributed by atoms with Gasteiger partial charge in [-0.1, -0.05) is 0 Å². The Balaban J connectivity index is 2.18. The second kappa shape index (κ2) is 6.30. The quantitative estimate of drug-likeness (QED) is 0.480. The maximum Gasteiger partial charge on any atom is 0.433 e. The Hall–Kier alpha value is -3.83. The molecule has 23 heavy (non-hydrogen) atoms. The van der Waals surface area contributed by atoms with E-state index in [1.54, 1.807) is 0 Å². The topological polar surface area (TPSA) is 167 Å². The van der Waals surface area contributed by atoms with Gasteiger partial charge in [-0.15, -0.1) is 0 Å². The fourth-order valence-corrected chi connectivity index (χ4v) is 1.55. The van der Waals surface area contributed by atoms with E-state index in [4.69, 9.17) is 4.42 Å². The Kier molecular flexibility index (Phi) is 4.26. The standard InChI is InChI=1S/C11H7N5O7/c17-14(18)7-1-3-9(10(5-7)15(19)20)13-12-6-8-2-4-11(23-8)16(21)22/h1-6,13H/b12-6-. The maximum absolute atomic E-state index is 10.9. The first-order chi connectivity index (χ1) is 10.9. The van der Waals surface area contributed by atoms with Crippen molar-refractivity contribution >= 4 is 29.2 Å². The summed E-state index contributed by atoms with van der Waals surface area (Å²) in [4.78, 5) is 29.7. The van der Waals surface area contributed by atoms with Crippen LogP contribution in [-0.4, -0.2) is 21.0 Å². The molecular formula is C11H7N5O7. The number of nitro benzene ring substituents is 2. The third kappa shape index (κ3) is 3.63. The summed E-state index contributed by atoms with van der Waals surface area (Å²) in [5.41, 5.74) is 1.26. The zero-order valence-electron chi connectivity index (χ0n) is 11.1. The summed E-state index contributed by atoms with van der Waals surface area (Å²) in [6.07, 6.45) is 1.07. The van der Waals surface area contributed by atoms with Crippen molar-refractivity contribution in [1.82, 2.24) is 0 Å². The van der Waals surface area contributed by atoms with Crippen molar-refractivity contribution in [3.05, 3.63) is 66.4 Å². The fraction of sp³-hybridized carbons (Fsp3) is 0. The summed E-state index contributed by atoms with van der Waals surface area (Å²) in [6.45, 7) is 0. The van der Waals surface area contributed by atoms with Crippen LogP contribution in [0.25, 0.3) is 0 Å². The van der Waals surface area contributed by atoms with Crippen LogP contribution in [0.4, 0.5) is 22.9 Å². The van der Waals surface area contributed by atoms with Crippen molar-refractivity contribution in [3.8, 4) is 0 Å². The van der Waals surface area contributed by atoms with Crippen LogP contribution in [-0.2, 0) is 0 Å². The summed E-state index contributed by atoms with van der Waals surface area (Å²) in [6, 6.07) is 5.39. The molecule has 0 saturated carbocycles. The molecule has 0 radical (unpaired) electrons. The van der Waals surface area contributed by atoms with Gasteiger partial charge in [0.05, 0.1) is 28.2 Å². The maximum atomic E-state index is 10.9. The van der Waals surface area contributed by atoms with Crippen LogP contribution >= 0.6 is 0 Å². The number of rotatable bonds is 6. The molecule has 0 saturated heterocycles. The lowest BCUT2D eigenvalue weighted by Gasteiger charge is -2.01. The van der Waals surface area contributed by atoms with Crippen molar-refractivity contribution in [2.45, 2.75) is 0 Å². The first-order valence-corrected chi connectivity index (χ1v) is 5.84. The van der Waals surface area contributed by atoms with Gasteiger partial charge in [-0.3, -0.25) is 35.8 Å². The van der Waals surface area contributed by atoms with E-state index in [-0.39, 0.29) is 11.4 Å². The van der Waals surface area contributed by atoms with Gasteiger partial charge in [-0.25, -0.2) is 0 Å². The Labute approximate surface area is 126 Å². The zero-order chi connectivity index (χ0) is 17.0. The lowest BCUT2D eigenvalue weighted by atomic mass is 10.2. The molecule has 2 aromatic rings. The van der Waals surface area contributed by atoms with E-state index in [0.29, 0.717) is 0 Å². The van der Waals surface area contributed by atoms with E-state index in [9.17, 15) is 30.3 Å². The molecule has 118 valence electrons. The first-order valence-electron chi connectivity index (χ1n) is 5.84. The summed E-state index contributed by atoms with van der Waals surface area (Å²) in [5, 5.41) is 35.6. The van der Waals surface area contributed by atoms with Crippen LogP contribution in [0.3, 0.4) is 0 Å². The van der Waals surface area contributed by atoms with E-state index in [0.717, 1.165) is 30.5 Å². The number of hydrazone groups is 1. The first kappa shape index (κ1) is 15.6. The van der Waals surface area contributed by atoms with Gasteiger partial charge in [0.25, 0.3) is 5.69 Å². The molecular weight excluding hydrogens is 314 g/mol. The van der Waals surface area contributed by atoms with E-state index < -0.39 is 32.0 Å². The summed E-state index contributed by atoms with van der Waals surface area (Å²) < 4.78 is 4.80. The van der Waals surface area contributed by atoms with Gasteiger partial charge in [-0.05, 0) is 12.1 Å². The number of hydrogen-bond donors (Lipinski definition) is 1. The predicted octanol–water partition coefficient (Wildman–Crippen LogP) is 2.45. The summed E-state index contributed by atoms with van der Waals surface area (Å²) >= 11 is 0. The average molecular weight is 321 g/mol. The Morgan fingerprint density at radius 1 is 1.00 bits per heavy atom. The smallest absolute Gasteiger partial charge is 0.400 e. The highest BCUT2D eigenvalue weighted by Gasteiger charge is 2.19. The van der Waals surface area contributed by atoms with Crippen LogP contribution in [0.5, 0.6) is 0 Å². The number of hydrogen-bond acceptors (Lipinski definition) is 9. The van der Waals surface area contributed by atoms with Gasteiger partial charge in [-0.2, -0.15) is 5.10 Å². The van der Waals surface area contributed by atoms with Crippen molar-refractivity contribution in [2.24, 2.45) is 5.10 Å². The molecule has 1 N–H and O–H groups in total. The van der Waals surface area contributed by atoms with Crippen LogP contribution in [0.15, 0.2) is 39.9 Å². The van der Waals surface area contributed by atoms with Gasteiger partial charge in [0.15, 0.2) is 5.76 Å². The number of nitro groups is 3. The molecule has 12 heteroatoms. The monoisotopic (exact) mass is 321 g/mol. The minimum atomic E-state index is -0.803. The van der Waals surface area contributed by atoms with Crippen molar-refractivity contribution in [2.75, 3.05) is 5.43 Å². The molecule has 0 bridgehead atoms. The van der Waals surface area contributed by atoms with Gasteiger partial charge >= 0.3 is 11.6 Å². The van der Waals surface area contributed by atoms with Gasteiger partial charge in [0, 0.05) is 6.07 Å². The van der Waals surface area contributed by atoms with E-state index >= 15 is 0 Å². The molecule has 0 atom stereocenters. The van der Waals surface area contributed by atoms with Crippen LogP contribution in [0, 0.1) is 30.3 Å². The van der Waals surface area contributed by atoms with Crippen molar-refractivity contribution < 1.29 is 19.2 Å². The normalized spacial score (nSPS) is 10.6. The Morgan fingerprint density at radius 2 is 1.74 bits per heavy atom. The molecule has 0 aliphatic carbocycles.